The zero-order valence-corrected chi connectivity index (χ0v) is 11.3. The van der Waals surface area contributed by atoms with E-state index in [1.54, 1.807) is 23.7 Å². The highest BCUT2D eigenvalue weighted by Gasteiger charge is 2.10. The quantitative estimate of drug-likeness (QED) is 0.836. The van der Waals surface area contributed by atoms with Crippen LogP contribution in [0.3, 0.4) is 0 Å². The molecule has 1 amide bonds. The number of carbonyl (C=O) groups excluding carboxylic acids is 1. The molecule has 0 unspecified atom stereocenters. The van der Waals surface area contributed by atoms with E-state index in [2.05, 4.69) is 22.1 Å². The summed E-state index contributed by atoms with van der Waals surface area (Å²) in [6, 6.07) is 5.02. The molecule has 0 saturated carbocycles. The summed E-state index contributed by atoms with van der Waals surface area (Å²) in [4.78, 5) is 16.2. The van der Waals surface area contributed by atoms with Crippen LogP contribution in [-0.2, 0) is 0 Å². The van der Waals surface area contributed by atoms with E-state index in [-0.39, 0.29) is 12.5 Å². The van der Waals surface area contributed by atoms with Gasteiger partial charge in [0.1, 0.15) is 11.5 Å². The number of aromatic nitrogens is 1. The smallest absolute Gasteiger partial charge is 0.267 e. The molecule has 2 aromatic rings. The lowest BCUT2D eigenvalue weighted by Gasteiger charge is -2.06. The first-order chi connectivity index (χ1) is 9.20. The first-order valence-electron chi connectivity index (χ1n) is 5.30. The molecule has 0 saturated heterocycles. The maximum Gasteiger partial charge on any atom is 0.267 e. The summed E-state index contributed by atoms with van der Waals surface area (Å²) >= 11 is 7.26. The summed E-state index contributed by atoms with van der Waals surface area (Å²) < 4.78 is 0. The van der Waals surface area contributed by atoms with Gasteiger partial charge in [-0.3, -0.25) is 9.78 Å². The second-order valence-electron chi connectivity index (χ2n) is 3.47. The Morgan fingerprint density at radius 3 is 3.05 bits per heavy atom. The van der Waals surface area contributed by atoms with E-state index in [4.69, 9.17) is 16.7 Å². The molecule has 0 aliphatic carbocycles. The van der Waals surface area contributed by atoms with E-state index in [0.717, 1.165) is 0 Å². The fourth-order valence-corrected chi connectivity index (χ4v) is 2.03. The fraction of sp³-hybridized carbons (Fsp3) is 0.0769. The van der Waals surface area contributed by atoms with E-state index in [1.165, 1.54) is 17.5 Å². The Balaban J connectivity index is 2.22. The minimum atomic E-state index is -0.267. The van der Waals surface area contributed by atoms with E-state index >= 15 is 0 Å². The Labute approximate surface area is 119 Å². The molecule has 4 nitrogen and oxygen atoms in total. The van der Waals surface area contributed by atoms with Crippen molar-refractivity contribution in [1.82, 2.24) is 4.98 Å². The van der Waals surface area contributed by atoms with Gasteiger partial charge >= 0.3 is 0 Å². The number of halogens is 1. The van der Waals surface area contributed by atoms with Crippen LogP contribution in [0.2, 0.25) is 5.02 Å². The largest absolute Gasteiger partial charge is 0.384 e. The van der Waals surface area contributed by atoms with Crippen molar-refractivity contribution in [2.75, 3.05) is 11.9 Å². The molecule has 0 aliphatic heterocycles. The maximum atomic E-state index is 11.9. The van der Waals surface area contributed by atoms with Crippen molar-refractivity contribution in [1.29, 1.82) is 0 Å². The van der Waals surface area contributed by atoms with Gasteiger partial charge in [-0.05, 0) is 18.2 Å². The van der Waals surface area contributed by atoms with Crippen LogP contribution in [0.25, 0.3) is 0 Å². The van der Waals surface area contributed by atoms with Crippen LogP contribution in [0.15, 0.2) is 29.9 Å². The lowest BCUT2D eigenvalue weighted by Crippen LogP contribution is -2.10. The van der Waals surface area contributed by atoms with Crippen molar-refractivity contribution < 1.29 is 9.90 Å². The summed E-state index contributed by atoms with van der Waals surface area (Å²) in [6.45, 7) is -0.217. The number of nitrogens with one attached hydrogen (secondary N) is 1. The highest BCUT2D eigenvalue weighted by molar-refractivity contribution is 7.11. The number of anilines is 1. The van der Waals surface area contributed by atoms with Crippen LogP contribution < -0.4 is 5.32 Å². The molecule has 2 N–H and O–H groups in total. The lowest BCUT2D eigenvalue weighted by atomic mass is 10.2. The first-order valence-corrected chi connectivity index (χ1v) is 6.55. The predicted octanol–water partition coefficient (Wildman–Crippen LogP) is 2.39. The molecular formula is C13H9ClN2O2S. The van der Waals surface area contributed by atoms with Crippen molar-refractivity contribution in [3.63, 3.8) is 0 Å². The first kappa shape index (κ1) is 13.6. The average molecular weight is 293 g/mol. The molecule has 1 aromatic carbocycles. The average Bonchev–Trinajstić information content (AvgIpc) is 2.93. The summed E-state index contributed by atoms with van der Waals surface area (Å²) in [6.07, 6.45) is 1.49. The Kier molecular flexibility index (Phi) is 4.53. The molecule has 0 fully saturated rings. The van der Waals surface area contributed by atoms with Gasteiger partial charge in [0, 0.05) is 5.56 Å². The zero-order valence-electron chi connectivity index (χ0n) is 9.68. The van der Waals surface area contributed by atoms with E-state index < -0.39 is 0 Å². The number of hydrogen-bond acceptors (Lipinski definition) is 4. The Hall–Kier alpha value is -1.87. The normalized spacial score (nSPS) is 9.58. The predicted molar refractivity (Wildman–Crippen MR) is 75.5 cm³/mol. The number of rotatable bonds is 2. The second-order valence-corrected chi connectivity index (χ2v) is 4.77. The molecule has 1 heterocycles. The van der Waals surface area contributed by atoms with Gasteiger partial charge in [0.25, 0.3) is 5.91 Å². The van der Waals surface area contributed by atoms with Gasteiger partial charge in [0.2, 0.25) is 0 Å². The third kappa shape index (κ3) is 3.55. The molecule has 96 valence electrons. The summed E-state index contributed by atoms with van der Waals surface area (Å²) in [5.74, 6) is 5.02. The summed E-state index contributed by atoms with van der Waals surface area (Å²) in [5, 5.41) is 11.8. The molecule has 0 atom stereocenters. The van der Waals surface area contributed by atoms with Gasteiger partial charge < -0.3 is 10.4 Å². The van der Waals surface area contributed by atoms with Crippen molar-refractivity contribution >= 4 is 34.5 Å². The van der Waals surface area contributed by atoms with Crippen molar-refractivity contribution in [3.05, 3.63) is 45.4 Å². The van der Waals surface area contributed by atoms with Crippen LogP contribution in [-0.4, -0.2) is 22.6 Å². The third-order valence-electron chi connectivity index (χ3n) is 2.18. The molecule has 0 aliphatic rings. The molecule has 0 bridgehead atoms. The van der Waals surface area contributed by atoms with Gasteiger partial charge in [-0.25, -0.2) is 0 Å². The van der Waals surface area contributed by atoms with Crippen molar-refractivity contribution in [3.8, 4) is 11.8 Å². The molecule has 6 heteroatoms. The number of aliphatic hydroxyl groups excluding tert-OH is 1. The van der Waals surface area contributed by atoms with Crippen LogP contribution in [0.4, 0.5) is 5.69 Å². The van der Waals surface area contributed by atoms with Gasteiger partial charge in [0.15, 0.2) is 0 Å². The number of thiazole rings is 1. The topological polar surface area (TPSA) is 62.2 Å². The molecule has 19 heavy (non-hydrogen) atoms. The van der Waals surface area contributed by atoms with Gasteiger partial charge in [-0.15, -0.1) is 11.3 Å². The van der Waals surface area contributed by atoms with Gasteiger partial charge in [-0.2, -0.15) is 0 Å². The minimum absolute atomic E-state index is 0.217. The van der Waals surface area contributed by atoms with Gasteiger partial charge in [-0.1, -0.05) is 23.4 Å². The monoisotopic (exact) mass is 292 g/mol. The summed E-state index contributed by atoms with van der Waals surface area (Å²) in [7, 11) is 0. The van der Waals surface area contributed by atoms with E-state index in [0.29, 0.717) is 21.2 Å². The number of aliphatic hydroxyl groups is 1. The van der Waals surface area contributed by atoms with Crippen LogP contribution >= 0.6 is 22.9 Å². The maximum absolute atomic E-state index is 11.9. The lowest BCUT2D eigenvalue weighted by molar-refractivity contribution is 0.103. The second kappa shape index (κ2) is 6.34. The highest BCUT2D eigenvalue weighted by atomic mass is 35.5. The fourth-order valence-electron chi connectivity index (χ4n) is 1.35. The number of carbonyl (C=O) groups is 1. The molecule has 2 rings (SSSR count). The zero-order chi connectivity index (χ0) is 13.7. The SMILES string of the molecule is O=C(Nc1cc(C#CCO)ccc1Cl)c1cncs1. The number of amides is 1. The number of benzene rings is 1. The highest BCUT2D eigenvalue weighted by Crippen LogP contribution is 2.23. The molecular weight excluding hydrogens is 284 g/mol. The summed E-state index contributed by atoms with van der Waals surface area (Å²) in [5.41, 5.74) is 2.72. The molecule has 0 spiro atoms. The molecule has 0 radical (unpaired) electrons. The van der Waals surface area contributed by atoms with Crippen LogP contribution in [0.1, 0.15) is 15.2 Å². The standard InChI is InChI=1S/C13H9ClN2O2S/c14-10-4-3-9(2-1-5-17)6-11(10)16-13(18)12-7-15-8-19-12/h3-4,6-8,17H,5H2,(H,16,18). The third-order valence-corrected chi connectivity index (χ3v) is 3.28. The van der Waals surface area contributed by atoms with E-state index in [1.807, 2.05) is 0 Å². The Morgan fingerprint density at radius 1 is 1.53 bits per heavy atom. The van der Waals surface area contributed by atoms with Crippen molar-refractivity contribution in [2.45, 2.75) is 0 Å². The van der Waals surface area contributed by atoms with Crippen molar-refractivity contribution in [2.24, 2.45) is 0 Å². The number of nitrogens with zero attached hydrogens (tertiary/aromatic N) is 1. The minimum Gasteiger partial charge on any atom is -0.384 e. The van der Waals surface area contributed by atoms with Crippen LogP contribution in [0.5, 0.6) is 0 Å². The Morgan fingerprint density at radius 2 is 2.37 bits per heavy atom. The molecule has 1 aromatic heterocycles. The van der Waals surface area contributed by atoms with Crippen LogP contribution in [0, 0.1) is 11.8 Å². The van der Waals surface area contributed by atoms with Gasteiger partial charge in [0.05, 0.1) is 22.4 Å². The Bertz CT molecular complexity index is 644. The number of hydrogen-bond donors (Lipinski definition) is 2. The van der Waals surface area contributed by atoms with E-state index in [9.17, 15) is 4.79 Å².